The largest absolute Gasteiger partial charge is 0.450 e. The van der Waals surface area contributed by atoms with E-state index >= 15 is 0 Å². The average molecular weight is 402 g/mol. The summed E-state index contributed by atoms with van der Waals surface area (Å²) in [4.78, 5) is 32.2. The zero-order valence-corrected chi connectivity index (χ0v) is 17.3. The number of hydrogen-bond donors (Lipinski definition) is 2. The number of guanidine groups is 1. The molecule has 0 spiro atoms. The minimum Gasteiger partial charge on any atom is -0.450 e. The van der Waals surface area contributed by atoms with Crippen LogP contribution >= 0.6 is 0 Å². The molecule has 1 aromatic rings. The Bertz CT molecular complexity index is 740. The van der Waals surface area contributed by atoms with E-state index in [1.165, 1.54) is 0 Å². The van der Waals surface area contributed by atoms with Gasteiger partial charge in [0.05, 0.1) is 6.61 Å². The zero-order chi connectivity index (χ0) is 20.6. The third-order valence-electron chi connectivity index (χ3n) is 5.44. The van der Waals surface area contributed by atoms with Crippen LogP contribution in [0, 0.1) is 5.92 Å². The fourth-order valence-electron chi connectivity index (χ4n) is 3.50. The normalized spacial score (nSPS) is 17.5. The van der Waals surface area contributed by atoms with E-state index in [0.717, 1.165) is 36.5 Å². The molecule has 1 saturated carbocycles. The van der Waals surface area contributed by atoms with Gasteiger partial charge in [0.2, 0.25) is 5.91 Å². The maximum Gasteiger partial charge on any atom is 0.409 e. The maximum atomic E-state index is 12.2. The van der Waals surface area contributed by atoms with Crippen LogP contribution in [0.5, 0.6) is 0 Å². The predicted octanol–water partition coefficient (Wildman–Crippen LogP) is 2.27. The number of benzene rings is 1. The molecule has 1 aliphatic heterocycles. The number of amides is 2. The van der Waals surface area contributed by atoms with Crippen LogP contribution in [0.25, 0.3) is 0 Å². The highest BCUT2D eigenvalue weighted by atomic mass is 16.6. The molecule has 1 heterocycles. The molecule has 1 saturated heterocycles. The molecule has 0 aromatic heterocycles. The van der Waals surface area contributed by atoms with E-state index in [0.29, 0.717) is 39.3 Å². The summed E-state index contributed by atoms with van der Waals surface area (Å²) in [6.07, 6.45) is 2.88. The molecule has 2 amide bonds. The molecule has 8 heteroatoms. The number of ether oxygens (including phenoxy) is 1. The van der Waals surface area contributed by atoms with Gasteiger partial charge in [0.15, 0.2) is 5.96 Å². The van der Waals surface area contributed by atoms with Gasteiger partial charge >= 0.3 is 6.09 Å². The molecule has 3 rings (SSSR count). The molecule has 29 heavy (non-hydrogen) atoms. The van der Waals surface area contributed by atoms with Crippen molar-refractivity contribution in [3.8, 4) is 0 Å². The topological polar surface area (TPSA) is 86.3 Å². The summed E-state index contributed by atoms with van der Waals surface area (Å²) in [5.74, 6) is 1.10. The Morgan fingerprint density at radius 2 is 1.90 bits per heavy atom. The molecule has 0 radical (unpaired) electrons. The van der Waals surface area contributed by atoms with Crippen LogP contribution in [0.3, 0.4) is 0 Å². The highest BCUT2D eigenvalue weighted by molar-refractivity contribution is 5.93. The lowest BCUT2D eigenvalue weighted by molar-refractivity contribution is -0.122. The summed E-state index contributed by atoms with van der Waals surface area (Å²) in [7, 11) is 1.76. The molecule has 0 unspecified atom stereocenters. The molecule has 1 aliphatic carbocycles. The van der Waals surface area contributed by atoms with E-state index in [1.807, 2.05) is 31.2 Å². The monoisotopic (exact) mass is 401 g/mol. The Labute approximate surface area is 172 Å². The summed E-state index contributed by atoms with van der Waals surface area (Å²) < 4.78 is 5.07. The van der Waals surface area contributed by atoms with E-state index < -0.39 is 0 Å². The van der Waals surface area contributed by atoms with Crippen molar-refractivity contribution in [2.45, 2.75) is 32.7 Å². The Morgan fingerprint density at radius 3 is 2.52 bits per heavy atom. The summed E-state index contributed by atoms with van der Waals surface area (Å²) in [6.45, 7) is 5.45. The SMILES string of the molecule is CCOC(=O)N1CCN(C(=NC)NCc2cccc(NC(=O)C3CCC3)c2)CC1. The van der Waals surface area contributed by atoms with E-state index in [-0.39, 0.29) is 17.9 Å². The van der Waals surface area contributed by atoms with Gasteiger partial charge in [0.1, 0.15) is 0 Å². The van der Waals surface area contributed by atoms with Gasteiger partial charge in [-0.25, -0.2) is 4.79 Å². The quantitative estimate of drug-likeness (QED) is 0.584. The Morgan fingerprint density at radius 1 is 1.17 bits per heavy atom. The third-order valence-corrected chi connectivity index (χ3v) is 5.44. The van der Waals surface area contributed by atoms with Crippen LogP contribution in [0.1, 0.15) is 31.7 Å². The van der Waals surface area contributed by atoms with Crippen molar-refractivity contribution in [2.24, 2.45) is 10.9 Å². The molecule has 0 atom stereocenters. The number of carbonyl (C=O) groups excluding carboxylic acids is 2. The van der Waals surface area contributed by atoms with Gasteiger partial charge in [-0.1, -0.05) is 18.6 Å². The molecular formula is C21H31N5O3. The lowest BCUT2D eigenvalue weighted by Crippen LogP contribution is -2.53. The number of carbonyl (C=O) groups is 2. The van der Waals surface area contributed by atoms with Crippen molar-refractivity contribution in [1.29, 1.82) is 0 Å². The highest BCUT2D eigenvalue weighted by Crippen LogP contribution is 2.27. The number of anilines is 1. The first-order valence-electron chi connectivity index (χ1n) is 10.4. The maximum absolute atomic E-state index is 12.2. The Kier molecular flexibility index (Phi) is 7.32. The first-order valence-corrected chi connectivity index (χ1v) is 10.4. The predicted molar refractivity (Wildman–Crippen MR) is 113 cm³/mol. The van der Waals surface area contributed by atoms with Crippen LogP contribution in [0.15, 0.2) is 29.3 Å². The number of rotatable bonds is 5. The second kappa shape index (κ2) is 10.1. The van der Waals surface area contributed by atoms with Crippen molar-refractivity contribution < 1.29 is 14.3 Å². The van der Waals surface area contributed by atoms with Crippen molar-refractivity contribution in [3.63, 3.8) is 0 Å². The van der Waals surface area contributed by atoms with E-state index in [9.17, 15) is 9.59 Å². The van der Waals surface area contributed by atoms with Gasteiger partial charge in [0, 0.05) is 51.4 Å². The lowest BCUT2D eigenvalue weighted by Gasteiger charge is -2.35. The van der Waals surface area contributed by atoms with Gasteiger partial charge in [-0.05, 0) is 37.5 Å². The fourth-order valence-corrected chi connectivity index (χ4v) is 3.50. The summed E-state index contributed by atoms with van der Waals surface area (Å²) in [5, 5.41) is 6.40. The number of nitrogens with zero attached hydrogens (tertiary/aromatic N) is 3. The van der Waals surface area contributed by atoms with Crippen molar-refractivity contribution in [2.75, 3.05) is 45.2 Å². The molecule has 8 nitrogen and oxygen atoms in total. The summed E-state index contributed by atoms with van der Waals surface area (Å²) in [6, 6.07) is 7.89. The van der Waals surface area contributed by atoms with Gasteiger partial charge in [-0.15, -0.1) is 0 Å². The molecule has 158 valence electrons. The molecule has 1 aromatic carbocycles. The van der Waals surface area contributed by atoms with Crippen LogP contribution in [-0.2, 0) is 16.1 Å². The fraction of sp³-hybridized carbons (Fsp3) is 0.571. The standard InChI is InChI=1S/C21H31N5O3/c1-3-29-21(28)26-12-10-25(11-13-26)20(22-2)23-15-16-6-4-9-18(14-16)24-19(27)17-7-5-8-17/h4,6,9,14,17H,3,5,7-8,10-13,15H2,1-2H3,(H,22,23)(H,24,27). The van der Waals surface area contributed by atoms with Crippen LogP contribution in [0.2, 0.25) is 0 Å². The van der Waals surface area contributed by atoms with Gasteiger partial charge < -0.3 is 25.2 Å². The highest BCUT2D eigenvalue weighted by Gasteiger charge is 2.25. The number of nitrogens with one attached hydrogen (secondary N) is 2. The lowest BCUT2D eigenvalue weighted by atomic mass is 9.85. The summed E-state index contributed by atoms with van der Waals surface area (Å²) >= 11 is 0. The van der Waals surface area contributed by atoms with Gasteiger partial charge in [0.25, 0.3) is 0 Å². The van der Waals surface area contributed by atoms with Crippen LogP contribution < -0.4 is 10.6 Å². The third kappa shape index (κ3) is 5.62. The van der Waals surface area contributed by atoms with Crippen molar-refractivity contribution >= 4 is 23.6 Å². The first kappa shape index (κ1) is 21.0. The average Bonchev–Trinajstić information content (AvgIpc) is 2.68. The smallest absolute Gasteiger partial charge is 0.409 e. The van der Waals surface area contributed by atoms with Crippen molar-refractivity contribution in [3.05, 3.63) is 29.8 Å². The summed E-state index contributed by atoms with van der Waals surface area (Å²) in [5.41, 5.74) is 1.90. The number of piperazine rings is 1. The molecular weight excluding hydrogens is 370 g/mol. The Balaban J connectivity index is 1.49. The van der Waals surface area contributed by atoms with E-state index in [2.05, 4.69) is 20.5 Å². The van der Waals surface area contributed by atoms with Crippen LogP contribution in [0.4, 0.5) is 10.5 Å². The molecule has 0 bridgehead atoms. The second-order valence-electron chi connectivity index (χ2n) is 7.39. The second-order valence-corrected chi connectivity index (χ2v) is 7.39. The van der Waals surface area contributed by atoms with Crippen LogP contribution in [-0.4, -0.2) is 67.6 Å². The first-order chi connectivity index (χ1) is 14.1. The van der Waals surface area contributed by atoms with Crippen molar-refractivity contribution in [1.82, 2.24) is 15.1 Å². The van der Waals surface area contributed by atoms with Gasteiger partial charge in [-0.3, -0.25) is 9.79 Å². The number of aliphatic imine (C=N–C) groups is 1. The van der Waals surface area contributed by atoms with E-state index in [4.69, 9.17) is 4.74 Å². The minimum atomic E-state index is -0.254. The Hall–Kier alpha value is -2.77. The zero-order valence-electron chi connectivity index (χ0n) is 17.3. The molecule has 2 fully saturated rings. The molecule has 2 aliphatic rings. The van der Waals surface area contributed by atoms with E-state index in [1.54, 1.807) is 11.9 Å². The minimum absolute atomic E-state index is 0.122. The number of hydrogen-bond acceptors (Lipinski definition) is 4. The van der Waals surface area contributed by atoms with Gasteiger partial charge in [-0.2, -0.15) is 0 Å². The molecule has 2 N–H and O–H groups in total.